The molecule has 5 nitrogen and oxygen atoms in total. The molecule has 0 bridgehead atoms. The van der Waals surface area contributed by atoms with Crippen LogP contribution >= 0.6 is 0 Å². The second-order valence-corrected chi connectivity index (χ2v) is 6.46. The summed E-state index contributed by atoms with van der Waals surface area (Å²) in [6.45, 7) is 0. The predicted octanol–water partition coefficient (Wildman–Crippen LogP) is 5.00. The molecule has 0 radical (unpaired) electrons. The van der Waals surface area contributed by atoms with Crippen LogP contribution < -0.4 is 5.36 Å². The number of aromatic nitrogens is 2. The Labute approximate surface area is 160 Å². The molecule has 134 valence electrons. The van der Waals surface area contributed by atoms with E-state index in [1.807, 2.05) is 66.9 Å². The zero-order valence-electron chi connectivity index (χ0n) is 14.8. The van der Waals surface area contributed by atoms with Gasteiger partial charge in [-0.1, -0.05) is 35.5 Å². The zero-order valence-corrected chi connectivity index (χ0v) is 14.8. The summed E-state index contributed by atoms with van der Waals surface area (Å²) in [5, 5.41) is 16.3. The van der Waals surface area contributed by atoms with E-state index in [4.69, 9.17) is 4.42 Å². The van der Waals surface area contributed by atoms with Crippen molar-refractivity contribution in [2.24, 2.45) is 5.16 Å². The van der Waals surface area contributed by atoms with Gasteiger partial charge in [-0.3, -0.25) is 9.97 Å². The van der Waals surface area contributed by atoms with E-state index in [2.05, 4.69) is 15.1 Å². The molecule has 0 saturated carbocycles. The van der Waals surface area contributed by atoms with Crippen molar-refractivity contribution in [2.45, 2.75) is 0 Å². The lowest BCUT2D eigenvalue weighted by atomic mass is 10.0. The number of hydrogen-bond donors (Lipinski definition) is 1. The molecule has 28 heavy (non-hydrogen) atoms. The topological polar surface area (TPSA) is 71.5 Å². The van der Waals surface area contributed by atoms with Crippen LogP contribution in [-0.4, -0.2) is 15.2 Å². The first-order valence-corrected chi connectivity index (χ1v) is 8.83. The van der Waals surface area contributed by atoms with Gasteiger partial charge in [0, 0.05) is 35.4 Å². The lowest BCUT2D eigenvalue weighted by Crippen LogP contribution is -2.03. The molecule has 0 unspecified atom stereocenters. The van der Waals surface area contributed by atoms with E-state index in [1.54, 1.807) is 18.5 Å². The lowest BCUT2D eigenvalue weighted by Gasteiger charge is -2.07. The van der Waals surface area contributed by atoms with E-state index in [-0.39, 0.29) is 0 Å². The van der Waals surface area contributed by atoms with Crippen LogP contribution in [0.1, 0.15) is 0 Å². The Hall–Kier alpha value is -3.99. The van der Waals surface area contributed by atoms with Crippen LogP contribution in [-0.2, 0) is 0 Å². The molecule has 3 heterocycles. The van der Waals surface area contributed by atoms with E-state index in [0.717, 1.165) is 27.3 Å². The van der Waals surface area contributed by atoms with E-state index in [9.17, 15) is 5.21 Å². The fourth-order valence-electron chi connectivity index (χ4n) is 3.32. The minimum atomic E-state index is 0.437. The molecular weight excluding hydrogens is 350 g/mol. The summed E-state index contributed by atoms with van der Waals surface area (Å²) in [4.78, 5) is 8.57. The van der Waals surface area contributed by atoms with Crippen LogP contribution in [0.4, 0.5) is 0 Å². The molecule has 5 heteroatoms. The minimum absolute atomic E-state index is 0.437. The number of benzene rings is 2. The summed E-state index contributed by atoms with van der Waals surface area (Å²) >= 11 is 0. The highest BCUT2D eigenvalue weighted by Gasteiger charge is 2.10. The fraction of sp³-hybridized carbons (Fsp3) is 0. The minimum Gasteiger partial charge on any atom is -0.454 e. The van der Waals surface area contributed by atoms with Gasteiger partial charge in [-0.25, -0.2) is 0 Å². The molecule has 0 atom stereocenters. The number of pyridine rings is 2. The maximum Gasteiger partial charge on any atom is 0.155 e. The van der Waals surface area contributed by atoms with Gasteiger partial charge in [0.15, 0.2) is 5.76 Å². The fourth-order valence-corrected chi connectivity index (χ4v) is 3.32. The summed E-state index contributed by atoms with van der Waals surface area (Å²) in [6.07, 6.45) is 5.31. The monoisotopic (exact) mass is 365 g/mol. The van der Waals surface area contributed by atoms with Crippen molar-refractivity contribution in [1.82, 2.24) is 9.97 Å². The Morgan fingerprint density at radius 1 is 0.821 bits per heavy atom. The van der Waals surface area contributed by atoms with Gasteiger partial charge >= 0.3 is 0 Å². The maximum absolute atomic E-state index is 9.52. The van der Waals surface area contributed by atoms with E-state index < -0.39 is 0 Å². The zero-order chi connectivity index (χ0) is 18.9. The van der Waals surface area contributed by atoms with Crippen LogP contribution in [0.3, 0.4) is 0 Å². The average Bonchev–Trinajstić information content (AvgIpc) is 2.78. The number of hydrogen-bond acceptors (Lipinski definition) is 5. The second-order valence-electron chi connectivity index (χ2n) is 6.46. The Morgan fingerprint density at radius 3 is 2.46 bits per heavy atom. The standard InChI is InChI=1S/C23H15N3O2/c27-26-20-13-23(21-11-16-3-1-2-4-18(16)14-25-21)28-22-12-17(5-6-19(20)22)15-7-9-24-10-8-15/h1-14,27H/b26-20-. The van der Waals surface area contributed by atoms with Gasteiger partial charge in [0.05, 0.1) is 0 Å². The normalized spacial score (nSPS) is 11.9. The second kappa shape index (κ2) is 6.63. The third-order valence-electron chi connectivity index (χ3n) is 4.75. The van der Waals surface area contributed by atoms with Gasteiger partial charge in [-0.2, -0.15) is 0 Å². The van der Waals surface area contributed by atoms with Crippen molar-refractivity contribution in [3.63, 3.8) is 0 Å². The number of nitrogens with zero attached hydrogens (tertiary/aromatic N) is 3. The molecule has 3 aromatic heterocycles. The van der Waals surface area contributed by atoms with Crippen LogP contribution in [0.2, 0.25) is 0 Å². The first-order valence-electron chi connectivity index (χ1n) is 8.83. The maximum atomic E-state index is 9.52. The quantitative estimate of drug-likeness (QED) is 0.353. The summed E-state index contributed by atoms with van der Waals surface area (Å²) in [7, 11) is 0. The van der Waals surface area contributed by atoms with E-state index in [0.29, 0.717) is 22.4 Å². The van der Waals surface area contributed by atoms with E-state index >= 15 is 0 Å². The lowest BCUT2D eigenvalue weighted by molar-refractivity contribution is 0.302. The van der Waals surface area contributed by atoms with Crippen molar-refractivity contribution in [1.29, 1.82) is 0 Å². The predicted molar refractivity (Wildman–Crippen MR) is 108 cm³/mol. The summed E-state index contributed by atoms with van der Waals surface area (Å²) < 4.78 is 6.15. The summed E-state index contributed by atoms with van der Waals surface area (Å²) in [5.74, 6) is 0.540. The Kier molecular flexibility index (Phi) is 3.84. The van der Waals surface area contributed by atoms with Crippen molar-refractivity contribution < 1.29 is 9.62 Å². The van der Waals surface area contributed by atoms with Crippen LogP contribution in [0.15, 0.2) is 94.9 Å². The van der Waals surface area contributed by atoms with Gasteiger partial charge in [-0.05, 0) is 46.8 Å². The molecule has 5 rings (SSSR count). The molecule has 0 saturated heterocycles. The third kappa shape index (κ3) is 2.79. The van der Waals surface area contributed by atoms with Crippen LogP contribution in [0.25, 0.3) is 44.3 Å². The molecule has 0 spiro atoms. The third-order valence-corrected chi connectivity index (χ3v) is 4.75. The SMILES string of the molecule is O/N=c1/cc(-c2cc3ccccc3cn2)oc2cc(-c3ccncc3)ccc12. The molecule has 2 aromatic carbocycles. The molecule has 1 N–H and O–H groups in total. The molecule has 0 fully saturated rings. The Balaban J connectivity index is 1.72. The number of fused-ring (bicyclic) bond motifs is 2. The molecule has 0 aliphatic heterocycles. The number of rotatable bonds is 2. The molecule has 5 aromatic rings. The highest BCUT2D eigenvalue weighted by molar-refractivity contribution is 5.86. The van der Waals surface area contributed by atoms with Gasteiger partial charge < -0.3 is 9.62 Å². The van der Waals surface area contributed by atoms with Crippen LogP contribution in [0, 0.1) is 0 Å². The Morgan fingerprint density at radius 2 is 1.64 bits per heavy atom. The van der Waals surface area contributed by atoms with Gasteiger partial charge in [0.1, 0.15) is 16.6 Å². The van der Waals surface area contributed by atoms with Crippen LogP contribution in [0.5, 0.6) is 0 Å². The Bertz CT molecular complexity index is 1380. The summed E-state index contributed by atoms with van der Waals surface area (Å²) in [6, 6.07) is 21.3. The first-order chi connectivity index (χ1) is 13.8. The van der Waals surface area contributed by atoms with Gasteiger partial charge in [-0.15, -0.1) is 0 Å². The smallest absolute Gasteiger partial charge is 0.155 e. The highest BCUT2D eigenvalue weighted by atomic mass is 16.4. The highest BCUT2D eigenvalue weighted by Crippen LogP contribution is 2.27. The first kappa shape index (κ1) is 16.2. The molecular formula is C23H15N3O2. The molecule has 0 aliphatic carbocycles. The largest absolute Gasteiger partial charge is 0.454 e. The van der Waals surface area contributed by atoms with Gasteiger partial charge in [0.25, 0.3) is 0 Å². The molecule has 0 aliphatic rings. The molecule has 0 amide bonds. The van der Waals surface area contributed by atoms with Crippen molar-refractivity contribution in [3.05, 3.63) is 90.7 Å². The van der Waals surface area contributed by atoms with Gasteiger partial charge in [0.2, 0.25) is 0 Å². The van der Waals surface area contributed by atoms with Crippen molar-refractivity contribution in [3.8, 4) is 22.6 Å². The van der Waals surface area contributed by atoms with E-state index in [1.165, 1.54) is 0 Å². The summed E-state index contributed by atoms with van der Waals surface area (Å²) in [5.41, 5.74) is 3.32. The average molecular weight is 365 g/mol. The van der Waals surface area contributed by atoms with Crippen molar-refractivity contribution >= 4 is 21.7 Å². The van der Waals surface area contributed by atoms with Crippen molar-refractivity contribution in [2.75, 3.05) is 0 Å².